The van der Waals surface area contributed by atoms with E-state index in [9.17, 15) is 20.4 Å². The largest absolute Gasteiger partial charge is 0.480 e. The maximum Gasteiger partial charge on any atom is 0.299 e. The maximum absolute atomic E-state index is 10.9. The van der Waals surface area contributed by atoms with Crippen molar-refractivity contribution < 1.29 is 24.5 Å². The predicted octanol–water partition coefficient (Wildman–Crippen LogP) is 12.0. The molecule has 1 aromatic heterocycles. The van der Waals surface area contributed by atoms with Crippen molar-refractivity contribution in [1.29, 1.82) is 5.41 Å². The van der Waals surface area contributed by atoms with Gasteiger partial charge in [-0.3, -0.25) is 15.2 Å². The first-order valence-corrected chi connectivity index (χ1v) is 28.4. The van der Waals surface area contributed by atoms with Crippen molar-refractivity contribution in [2.45, 2.75) is 155 Å². The molecule has 0 radical (unpaired) electrons. The molecule has 5 fully saturated rings. The van der Waals surface area contributed by atoms with E-state index >= 15 is 0 Å². The highest BCUT2D eigenvalue weighted by atomic mass is 127. The number of unbranched alkanes of at least 4 members (excludes halogenated alkanes) is 10. The highest BCUT2D eigenvalue weighted by Gasteiger charge is 2.66. The number of thiazole rings is 1. The van der Waals surface area contributed by atoms with Gasteiger partial charge in [0, 0.05) is 77.5 Å². The number of likely N-dealkylation sites (N-methyl/N-ethyl adjacent to an activating group) is 1. The van der Waals surface area contributed by atoms with Gasteiger partial charge in [-0.25, -0.2) is 9.98 Å². The first kappa shape index (κ1) is 55.6. The Morgan fingerprint density at radius 2 is 1.61 bits per heavy atom. The van der Waals surface area contributed by atoms with E-state index in [-0.39, 0.29) is 43.8 Å². The fourth-order valence-electron chi connectivity index (χ4n) is 13.5. The van der Waals surface area contributed by atoms with E-state index in [0.29, 0.717) is 59.6 Å². The van der Waals surface area contributed by atoms with Crippen LogP contribution in [0, 0.1) is 21.7 Å². The normalized spacial score (nSPS) is 26.4. The van der Waals surface area contributed by atoms with Gasteiger partial charge in [0.15, 0.2) is 0 Å². The van der Waals surface area contributed by atoms with Crippen molar-refractivity contribution >= 4 is 70.4 Å². The number of nitrogens with one attached hydrogen (secondary N) is 2. The molecule has 6 aliphatic rings. The Bertz CT molecular complexity index is 2430. The van der Waals surface area contributed by atoms with Crippen molar-refractivity contribution in [1.82, 2.24) is 20.1 Å². The van der Waals surface area contributed by atoms with E-state index in [0.717, 1.165) is 86.1 Å². The smallest absolute Gasteiger partial charge is 0.299 e. The summed E-state index contributed by atoms with van der Waals surface area (Å²) >= 11 is 3.25. The lowest BCUT2D eigenvalue weighted by Crippen LogP contribution is -2.64. The number of carbonyl (C=O) groups excluding carboxylic acids is 1. The number of allylic oxidation sites excluding steroid dienone is 3. The zero-order valence-electron chi connectivity index (χ0n) is 43.7. The number of aromatic nitrogens is 1. The molecule has 2 unspecified atom stereocenters. The fourth-order valence-corrected chi connectivity index (χ4v) is 14.6. The topological polar surface area (TPSA) is 208 Å². The second kappa shape index (κ2) is 25.0. The van der Waals surface area contributed by atoms with Crippen molar-refractivity contribution in [3.8, 4) is 0 Å². The molecular weight excluding hydrogens is 1040 g/mol. The van der Waals surface area contributed by atoms with Crippen LogP contribution in [0.5, 0.6) is 0 Å². The molecule has 72 heavy (non-hydrogen) atoms. The number of fused-ring (bicyclic) bond motifs is 1. The fraction of sp³-hybridized carbons (Fsp3) is 0.625. The summed E-state index contributed by atoms with van der Waals surface area (Å²) in [5.74, 6) is 0.251. The van der Waals surface area contributed by atoms with Crippen LogP contribution in [0.15, 0.2) is 92.4 Å². The van der Waals surface area contributed by atoms with Gasteiger partial charge >= 0.3 is 0 Å². The molecular formula is C56H82IN9O5S. The van der Waals surface area contributed by atoms with Crippen LogP contribution >= 0.6 is 33.9 Å². The van der Waals surface area contributed by atoms with Gasteiger partial charge in [-0.2, -0.15) is 0 Å². The van der Waals surface area contributed by atoms with E-state index in [2.05, 4.69) is 41.1 Å². The maximum atomic E-state index is 10.9. The molecule has 16 heteroatoms. The van der Waals surface area contributed by atoms with Crippen LogP contribution in [0.2, 0.25) is 0 Å². The van der Waals surface area contributed by atoms with E-state index in [1.54, 1.807) is 22.6 Å². The number of aliphatic imine (C=N–C) groups is 2. The van der Waals surface area contributed by atoms with E-state index in [1.165, 1.54) is 88.2 Å². The minimum Gasteiger partial charge on any atom is -0.480 e. The number of halogens is 1. The monoisotopic (exact) mass is 1120 g/mol. The average molecular weight is 1120 g/mol. The van der Waals surface area contributed by atoms with Gasteiger partial charge in [0.05, 0.1) is 22.4 Å². The Hall–Kier alpha value is -4.10. The molecule has 8 N–H and O–H groups in total. The molecule has 14 nitrogen and oxygen atoms in total. The molecule has 1 saturated heterocycles. The minimum atomic E-state index is -0.871. The number of hydrogen-bond acceptors (Lipinski definition) is 13. The number of piperidine rings is 1. The van der Waals surface area contributed by atoms with E-state index < -0.39 is 5.95 Å². The highest BCUT2D eigenvalue weighted by Crippen LogP contribution is 2.71. The molecule has 0 amide bonds. The van der Waals surface area contributed by atoms with E-state index in [4.69, 9.17) is 25.9 Å². The van der Waals surface area contributed by atoms with Gasteiger partial charge in [0.2, 0.25) is 8.92 Å². The lowest BCUT2D eigenvalue weighted by Gasteiger charge is -2.69. The number of carbonyl (C=O) groups is 1. The Morgan fingerprint density at radius 1 is 0.944 bits per heavy atom. The van der Waals surface area contributed by atoms with Crippen molar-refractivity contribution in [2.75, 3.05) is 53.0 Å². The number of benzene rings is 1. The molecule has 2 atom stereocenters. The SMILES string of the molecule is CC(=NCC12CC3(C)CC(C)(C1)CC(OCCN(C)CCCCCCCCCCCCCOCC(=O)I)(C3)C2)/C(=C\N)C1=CC=C(N2CCC/C(=C(C)/C(N)=N\c3nc4ccccc4s3)C2=N)NC1=C(O)O. The lowest BCUT2D eigenvalue weighted by atomic mass is 9.39. The van der Waals surface area contributed by atoms with Crippen LogP contribution < -0.4 is 16.8 Å². The summed E-state index contributed by atoms with van der Waals surface area (Å²) in [4.78, 5) is 29.8. The third-order valence-corrected chi connectivity index (χ3v) is 17.0. The number of ether oxygens (including phenoxy) is 2. The van der Waals surface area contributed by atoms with Gasteiger partial charge in [-0.15, -0.1) is 0 Å². The van der Waals surface area contributed by atoms with Gasteiger partial charge in [0.1, 0.15) is 29.8 Å². The van der Waals surface area contributed by atoms with Crippen molar-refractivity contribution in [2.24, 2.45) is 37.7 Å². The summed E-state index contributed by atoms with van der Waals surface area (Å²) in [6.07, 6.45) is 27.2. The number of aliphatic hydroxyl groups is 2. The minimum absolute atomic E-state index is 0.00235. The molecule has 394 valence electrons. The third kappa shape index (κ3) is 14.4. The van der Waals surface area contributed by atoms with Crippen molar-refractivity contribution in [3.05, 3.63) is 82.4 Å². The summed E-state index contributed by atoms with van der Waals surface area (Å²) in [5.41, 5.74) is 17.5. The van der Waals surface area contributed by atoms with Gasteiger partial charge < -0.3 is 46.3 Å². The molecule has 2 aliphatic heterocycles. The van der Waals surface area contributed by atoms with Crippen molar-refractivity contribution in [3.63, 3.8) is 0 Å². The standard InChI is InChI=1S/C56H82IN9O5S/c1-39(49(59)64-52-62-44-21-15-16-22-45(44)72-52)41-20-19-26-66(50(41)60)47-24-23-42(48(63-47)51(68)69)43(30-58)40(2)61-38-55-33-53(3)32-54(4,34-55)36-56(35-53,37-55)71-29-27-65(5)25-17-13-11-9-7-6-8-10-12-14-18-28-70-31-46(57)67/h15-16,21-24,30,60,63,68-69H,6-14,17-20,25-29,31-38,58H2,1-5H3,(H2,59,62,64)/b41-39-,43-30+,60-50?,61-40?. The van der Waals surface area contributed by atoms with Crippen LogP contribution in [0.3, 0.4) is 0 Å². The average Bonchev–Trinajstić information content (AvgIpc) is 3.73. The van der Waals surface area contributed by atoms with Gasteiger partial charge in [0.25, 0.3) is 5.95 Å². The van der Waals surface area contributed by atoms with E-state index in [1.807, 2.05) is 55.2 Å². The predicted molar refractivity (Wildman–Crippen MR) is 302 cm³/mol. The summed E-state index contributed by atoms with van der Waals surface area (Å²) in [7, 11) is 2.24. The van der Waals surface area contributed by atoms with Crippen LogP contribution in [-0.4, -0.2) is 105 Å². The summed E-state index contributed by atoms with van der Waals surface area (Å²) in [5, 5.41) is 34.5. The van der Waals surface area contributed by atoms with Crippen LogP contribution in [0.1, 0.15) is 150 Å². The van der Waals surface area contributed by atoms with Crippen LogP contribution in [0.25, 0.3) is 10.2 Å². The number of para-hydroxylation sites is 1. The Kier molecular flexibility index (Phi) is 19.3. The zero-order chi connectivity index (χ0) is 51.5. The molecule has 8 rings (SSSR count). The Morgan fingerprint density at radius 3 is 2.26 bits per heavy atom. The second-order valence-corrected chi connectivity index (χ2v) is 24.6. The molecule has 0 spiro atoms. The Balaban J connectivity index is 0.908. The zero-order valence-corrected chi connectivity index (χ0v) is 46.7. The lowest BCUT2D eigenvalue weighted by molar-refractivity contribution is -0.242. The quantitative estimate of drug-likeness (QED) is 0.0124. The van der Waals surface area contributed by atoms with Gasteiger partial charge in [-0.1, -0.05) is 95.1 Å². The number of amidine groups is 2. The Labute approximate surface area is 446 Å². The molecule has 3 heterocycles. The summed E-state index contributed by atoms with van der Waals surface area (Å²) in [6, 6.07) is 7.87. The number of likely N-dealkylation sites (tertiary alicyclic amines) is 1. The van der Waals surface area contributed by atoms with Crippen LogP contribution in [-0.2, 0) is 14.3 Å². The molecule has 1 aromatic carbocycles. The summed E-state index contributed by atoms with van der Waals surface area (Å²) < 4.78 is 13.5. The number of rotatable bonds is 27. The first-order chi connectivity index (χ1) is 34.4. The molecule has 4 bridgehead atoms. The third-order valence-electron chi connectivity index (χ3n) is 15.7. The molecule has 2 aromatic rings. The summed E-state index contributed by atoms with van der Waals surface area (Å²) in [6.45, 7) is 13.7. The first-order valence-electron chi connectivity index (χ1n) is 26.5. The number of nitrogens with two attached hydrogens (primary N) is 2. The second-order valence-electron chi connectivity index (χ2n) is 22.4. The number of aliphatic hydroxyl groups excluding tert-OH is 1. The number of nitrogens with zero attached hydrogens (tertiary/aromatic N) is 5. The highest BCUT2D eigenvalue weighted by molar-refractivity contribution is 14.1. The molecule has 4 aliphatic carbocycles. The van der Waals surface area contributed by atoms with Gasteiger partial charge in [-0.05, 0) is 138 Å². The van der Waals surface area contributed by atoms with Crippen LogP contribution in [0.4, 0.5) is 5.13 Å². The number of dihydropyridines is 1. The number of hydrogen-bond donors (Lipinski definition) is 6. The molecule has 4 saturated carbocycles.